The lowest BCUT2D eigenvalue weighted by Crippen LogP contribution is -1.95. The summed E-state index contributed by atoms with van der Waals surface area (Å²) in [5.41, 5.74) is 10.2. The first-order valence-corrected chi connectivity index (χ1v) is 7.37. The number of nitrogens with zero attached hydrogens (tertiary/aromatic N) is 1. The average molecular weight is 306 g/mol. The Kier molecular flexibility index (Phi) is 4.38. The van der Waals surface area contributed by atoms with Gasteiger partial charge in [-0.25, -0.2) is 0 Å². The van der Waals surface area contributed by atoms with Gasteiger partial charge in [-0.3, -0.25) is 4.98 Å². The van der Waals surface area contributed by atoms with Crippen LogP contribution in [0.15, 0.2) is 49.1 Å². The van der Waals surface area contributed by atoms with E-state index in [1.54, 1.807) is 12.4 Å². The number of anilines is 1. The molecule has 1 aliphatic rings. The molecule has 2 heterocycles. The highest BCUT2D eigenvalue weighted by molar-refractivity contribution is 6.09. The number of aromatic nitrogens is 1. The Morgan fingerprint density at radius 1 is 1.35 bits per heavy atom. The van der Waals surface area contributed by atoms with Crippen LogP contribution in [0.25, 0.3) is 11.6 Å². The fourth-order valence-corrected chi connectivity index (χ4v) is 2.50. The molecule has 0 spiro atoms. The fourth-order valence-electron chi connectivity index (χ4n) is 2.50. The van der Waals surface area contributed by atoms with Gasteiger partial charge in [-0.2, -0.15) is 0 Å². The van der Waals surface area contributed by atoms with Crippen molar-refractivity contribution in [1.82, 2.24) is 4.98 Å². The molecule has 3 rings (SSSR count). The highest BCUT2D eigenvalue weighted by atomic mass is 16.5. The van der Waals surface area contributed by atoms with Gasteiger partial charge in [-0.15, -0.1) is 0 Å². The Labute approximate surface area is 135 Å². The molecule has 0 amide bonds. The Morgan fingerprint density at radius 2 is 2.26 bits per heavy atom. The van der Waals surface area contributed by atoms with Gasteiger partial charge in [0.15, 0.2) is 0 Å². The maximum atomic E-state index is 7.43. The maximum absolute atomic E-state index is 7.43. The predicted octanol–water partition coefficient (Wildman–Crippen LogP) is 3.05. The lowest BCUT2D eigenvalue weighted by Gasteiger charge is -2.06. The summed E-state index contributed by atoms with van der Waals surface area (Å²) in [6.07, 6.45) is 10.8. The summed E-state index contributed by atoms with van der Waals surface area (Å²) in [7, 11) is 0. The minimum absolute atomic E-state index is 0.651. The standard InChI is InChI=1S/C18H18N4O/c19-10-15(11-20)17-4-6-21-12-14(17)3-7-22-16-2-1-13-5-8-23-18(13)9-16/h1-4,6-7,9-12,19,22H,5,8,20H2/b7-3+,15-11+,19-10?. The molecule has 116 valence electrons. The van der Waals surface area contributed by atoms with E-state index in [4.69, 9.17) is 15.9 Å². The fraction of sp³-hybridized carbons (Fsp3) is 0.111. The van der Waals surface area contributed by atoms with Crippen LogP contribution in [0.2, 0.25) is 0 Å². The Morgan fingerprint density at radius 3 is 3.09 bits per heavy atom. The third-order valence-electron chi connectivity index (χ3n) is 3.71. The molecular weight excluding hydrogens is 288 g/mol. The van der Waals surface area contributed by atoms with E-state index >= 15 is 0 Å². The van der Waals surface area contributed by atoms with E-state index in [0.29, 0.717) is 5.57 Å². The number of fused-ring (bicyclic) bond motifs is 1. The molecule has 1 aromatic heterocycles. The number of nitrogens with two attached hydrogens (primary N) is 1. The van der Waals surface area contributed by atoms with Crippen LogP contribution >= 0.6 is 0 Å². The van der Waals surface area contributed by atoms with Crippen molar-refractivity contribution in [2.45, 2.75) is 6.42 Å². The first kappa shape index (κ1) is 14.8. The molecule has 0 atom stereocenters. The van der Waals surface area contributed by atoms with Crippen LogP contribution in [0.3, 0.4) is 0 Å². The molecule has 0 unspecified atom stereocenters. The number of benzene rings is 1. The molecule has 1 aliphatic heterocycles. The summed E-state index contributed by atoms with van der Waals surface area (Å²) in [5.74, 6) is 0.947. The second-order valence-corrected chi connectivity index (χ2v) is 5.13. The van der Waals surface area contributed by atoms with Crippen molar-refractivity contribution < 1.29 is 4.74 Å². The molecule has 5 nitrogen and oxygen atoms in total. The van der Waals surface area contributed by atoms with Crippen molar-refractivity contribution in [1.29, 1.82) is 5.41 Å². The highest BCUT2D eigenvalue weighted by Gasteiger charge is 2.11. The van der Waals surface area contributed by atoms with Gasteiger partial charge in [0.05, 0.1) is 6.61 Å². The third kappa shape index (κ3) is 3.23. The molecular formula is C18H18N4O. The minimum Gasteiger partial charge on any atom is -0.493 e. The van der Waals surface area contributed by atoms with Crippen LogP contribution in [0.1, 0.15) is 16.7 Å². The van der Waals surface area contributed by atoms with Crippen molar-refractivity contribution in [2.75, 3.05) is 11.9 Å². The molecule has 0 fully saturated rings. The Balaban J connectivity index is 1.77. The summed E-state index contributed by atoms with van der Waals surface area (Å²) in [5, 5.41) is 10.7. The first-order valence-electron chi connectivity index (χ1n) is 7.37. The van der Waals surface area contributed by atoms with Crippen LogP contribution in [0, 0.1) is 5.41 Å². The van der Waals surface area contributed by atoms with Crippen LogP contribution in [-0.2, 0) is 6.42 Å². The van der Waals surface area contributed by atoms with E-state index < -0.39 is 0 Å². The summed E-state index contributed by atoms with van der Waals surface area (Å²) in [6, 6.07) is 7.95. The van der Waals surface area contributed by atoms with Crippen LogP contribution in [0.5, 0.6) is 5.75 Å². The molecule has 0 saturated heterocycles. The topological polar surface area (TPSA) is 84.0 Å². The Bertz CT molecular complexity index is 780. The second kappa shape index (κ2) is 6.79. The molecule has 0 bridgehead atoms. The van der Waals surface area contributed by atoms with Crippen LogP contribution in [-0.4, -0.2) is 17.8 Å². The molecule has 0 saturated carbocycles. The molecule has 0 radical (unpaired) electrons. The van der Waals surface area contributed by atoms with E-state index in [1.807, 2.05) is 30.5 Å². The SMILES string of the molecule is N=C/C(=C\N)c1ccncc1/C=C/Nc1ccc2c(c1)OCC2. The minimum atomic E-state index is 0.651. The van der Waals surface area contributed by atoms with Crippen molar-refractivity contribution >= 4 is 23.6 Å². The van der Waals surface area contributed by atoms with Crippen LogP contribution < -0.4 is 15.8 Å². The first-order chi connectivity index (χ1) is 11.3. The monoisotopic (exact) mass is 306 g/mol. The number of nitrogens with one attached hydrogen (secondary N) is 2. The van der Waals surface area contributed by atoms with Gasteiger partial charge in [0.25, 0.3) is 0 Å². The van der Waals surface area contributed by atoms with Crippen molar-refractivity contribution in [3.8, 4) is 5.75 Å². The Hall–Kier alpha value is -3.08. The largest absolute Gasteiger partial charge is 0.493 e. The maximum Gasteiger partial charge on any atom is 0.124 e. The van der Waals surface area contributed by atoms with E-state index in [2.05, 4.69) is 16.4 Å². The van der Waals surface area contributed by atoms with Crippen LogP contribution in [0.4, 0.5) is 5.69 Å². The summed E-state index contributed by atoms with van der Waals surface area (Å²) in [6.45, 7) is 0.755. The molecule has 0 aliphatic carbocycles. The number of hydrogen-bond donors (Lipinski definition) is 3. The van der Waals surface area contributed by atoms with E-state index in [1.165, 1.54) is 18.0 Å². The molecule has 2 aromatic rings. The smallest absolute Gasteiger partial charge is 0.124 e. The summed E-state index contributed by atoms with van der Waals surface area (Å²) in [4.78, 5) is 4.13. The van der Waals surface area contributed by atoms with Gasteiger partial charge < -0.3 is 21.2 Å². The molecule has 4 N–H and O–H groups in total. The van der Waals surface area contributed by atoms with E-state index in [0.717, 1.165) is 35.6 Å². The van der Waals surface area contributed by atoms with Gasteiger partial charge in [-0.05, 0) is 29.3 Å². The van der Waals surface area contributed by atoms with Crippen molar-refractivity contribution in [3.63, 3.8) is 0 Å². The zero-order chi connectivity index (χ0) is 16.1. The highest BCUT2D eigenvalue weighted by Crippen LogP contribution is 2.28. The quantitative estimate of drug-likeness (QED) is 0.741. The third-order valence-corrected chi connectivity index (χ3v) is 3.71. The zero-order valence-electron chi connectivity index (χ0n) is 12.6. The number of hydrogen-bond acceptors (Lipinski definition) is 5. The van der Waals surface area contributed by atoms with Gasteiger partial charge in [0.1, 0.15) is 5.75 Å². The van der Waals surface area contributed by atoms with E-state index in [-0.39, 0.29) is 0 Å². The van der Waals surface area contributed by atoms with E-state index in [9.17, 15) is 0 Å². The second-order valence-electron chi connectivity index (χ2n) is 5.13. The molecule has 1 aromatic carbocycles. The lowest BCUT2D eigenvalue weighted by atomic mass is 10.0. The zero-order valence-corrected chi connectivity index (χ0v) is 12.6. The average Bonchev–Trinajstić information content (AvgIpc) is 3.05. The van der Waals surface area contributed by atoms with Crippen molar-refractivity contribution in [3.05, 3.63) is 65.7 Å². The number of pyridine rings is 1. The number of rotatable bonds is 5. The van der Waals surface area contributed by atoms with Gasteiger partial charge in [-0.1, -0.05) is 6.07 Å². The van der Waals surface area contributed by atoms with Crippen molar-refractivity contribution in [2.24, 2.45) is 5.73 Å². The number of ether oxygens (including phenoxy) is 1. The molecule has 5 heteroatoms. The summed E-state index contributed by atoms with van der Waals surface area (Å²) < 4.78 is 5.56. The van der Waals surface area contributed by atoms with Gasteiger partial charge in [0.2, 0.25) is 0 Å². The normalized spacial score (nSPS) is 13.7. The molecule has 23 heavy (non-hydrogen) atoms. The number of allylic oxidation sites excluding steroid dienone is 1. The van der Waals surface area contributed by atoms with Gasteiger partial charge >= 0.3 is 0 Å². The van der Waals surface area contributed by atoms with Gasteiger partial charge in [0, 0.05) is 60.3 Å². The summed E-state index contributed by atoms with van der Waals surface area (Å²) >= 11 is 0. The lowest BCUT2D eigenvalue weighted by molar-refractivity contribution is 0.357. The predicted molar refractivity (Wildman–Crippen MR) is 93.5 cm³/mol.